The van der Waals surface area contributed by atoms with Crippen LogP contribution in [0, 0.1) is 28.6 Å². The maximum Gasteiger partial charge on any atom is 0.0709 e. The maximum atomic E-state index is 11.5. The van der Waals surface area contributed by atoms with Crippen molar-refractivity contribution >= 4 is 0 Å². The van der Waals surface area contributed by atoms with E-state index >= 15 is 0 Å². The molecule has 2 N–H and O–H groups in total. The van der Waals surface area contributed by atoms with Gasteiger partial charge in [0.15, 0.2) is 0 Å². The number of rotatable bonds is 2. The zero-order valence-corrected chi connectivity index (χ0v) is 14.9. The van der Waals surface area contributed by atoms with Crippen LogP contribution in [0.2, 0.25) is 0 Å². The average molecular weight is 296 g/mol. The first-order valence-electron chi connectivity index (χ1n) is 8.88. The zero-order valence-electron chi connectivity index (χ0n) is 14.9. The van der Waals surface area contributed by atoms with Gasteiger partial charge in [-0.25, -0.2) is 0 Å². The lowest BCUT2D eigenvalue weighted by molar-refractivity contribution is -0.175. The van der Waals surface area contributed by atoms with Crippen LogP contribution in [0.3, 0.4) is 0 Å². The van der Waals surface area contributed by atoms with Gasteiger partial charge in [-0.2, -0.15) is 0 Å². The van der Waals surface area contributed by atoms with Crippen molar-refractivity contribution in [1.29, 1.82) is 0 Å². The molecule has 21 heavy (non-hydrogen) atoms. The highest BCUT2D eigenvalue weighted by Crippen LogP contribution is 2.57. The molecule has 2 rings (SSSR count). The van der Waals surface area contributed by atoms with Gasteiger partial charge in [0.25, 0.3) is 0 Å². The Bertz CT molecular complexity index is 376. The molecule has 0 aromatic rings. The molecule has 2 aliphatic rings. The maximum absolute atomic E-state index is 11.5. The highest BCUT2D eigenvalue weighted by molar-refractivity contribution is 5.06. The molecule has 2 fully saturated rings. The number of hydrogen-bond donors (Lipinski definition) is 2. The molecule has 0 radical (unpaired) electrons. The molecule has 0 saturated heterocycles. The zero-order chi connectivity index (χ0) is 16.1. The molecule has 5 unspecified atom stereocenters. The summed E-state index contributed by atoms with van der Waals surface area (Å²) in [6.07, 6.45) is 5.57. The Morgan fingerprint density at radius 2 is 1.67 bits per heavy atom. The van der Waals surface area contributed by atoms with Crippen LogP contribution in [0.4, 0.5) is 0 Å². The molecule has 0 aromatic heterocycles. The summed E-state index contributed by atoms with van der Waals surface area (Å²) >= 11 is 0. The molecule has 2 heteroatoms. The molecule has 0 bridgehead atoms. The fourth-order valence-corrected chi connectivity index (χ4v) is 5.58. The summed E-state index contributed by atoms with van der Waals surface area (Å²) in [4.78, 5) is 0. The molecule has 5 atom stereocenters. The summed E-state index contributed by atoms with van der Waals surface area (Å²) in [6.45, 7) is 13.5. The molecule has 0 aromatic carbocycles. The SMILES string of the molecule is CC1CC(C)(C)CC(O)(C2(C)CCC(C(C)C)C(O)C2)C1. The van der Waals surface area contributed by atoms with E-state index in [1.165, 1.54) is 6.42 Å². The first-order chi connectivity index (χ1) is 9.48. The van der Waals surface area contributed by atoms with Crippen molar-refractivity contribution in [2.45, 2.75) is 91.8 Å². The van der Waals surface area contributed by atoms with Gasteiger partial charge in [-0.05, 0) is 67.1 Å². The standard InChI is InChI=1S/C19H36O2/c1-13(2)15-7-8-18(6,11-16(15)20)19(21)10-14(3)9-17(4,5)12-19/h13-16,20-21H,7-12H2,1-6H3. The lowest BCUT2D eigenvalue weighted by Gasteiger charge is -2.56. The highest BCUT2D eigenvalue weighted by Gasteiger charge is 2.55. The van der Waals surface area contributed by atoms with Crippen molar-refractivity contribution < 1.29 is 10.2 Å². The third-order valence-corrected chi connectivity index (χ3v) is 6.52. The average Bonchev–Trinajstić information content (AvgIpc) is 2.24. The molecular formula is C19H36O2. The van der Waals surface area contributed by atoms with E-state index in [-0.39, 0.29) is 16.9 Å². The summed E-state index contributed by atoms with van der Waals surface area (Å²) in [5, 5.41) is 22.1. The third-order valence-electron chi connectivity index (χ3n) is 6.52. The second-order valence-corrected chi connectivity index (χ2v) is 9.66. The van der Waals surface area contributed by atoms with Gasteiger partial charge < -0.3 is 10.2 Å². The van der Waals surface area contributed by atoms with E-state index in [2.05, 4.69) is 41.5 Å². The minimum atomic E-state index is -0.614. The van der Waals surface area contributed by atoms with Gasteiger partial charge in [0.2, 0.25) is 0 Å². The molecule has 2 nitrogen and oxygen atoms in total. The highest BCUT2D eigenvalue weighted by atomic mass is 16.3. The molecule has 124 valence electrons. The molecule has 0 aliphatic heterocycles. The van der Waals surface area contributed by atoms with Crippen molar-refractivity contribution in [2.75, 3.05) is 0 Å². The Morgan fingerprint density at radius 3 is 2.14 bits per heavy atom. The van der Waals surface area contributed by atoms with E-state index in [9.17, 15) is 10.2 Å². The molecular weight excluding hydrogens is 260 g/mol. The van der Waals surface area contributed by atoms with Gasteiger partial charge in [-0.3, -0.25) is 0 Å². The summed E-state index contributed by atoms with van der Waals surface area (Å²) < 4.78 is 0. The van der Waals surface area contributed by atoms with Crippen LogP contribution in [0.25, 0.3) is 0 Å². The third kappa shape index (κ3) is 3.32. The van der Waals surface area contributed by atoms with Crippen molar-refractivity contribution in [3.63, 3.8) is 0 Å². The Balaban J connectivity index is 2.20. The van der Waals surface area contributed by atoms with Gasteiger partial charge in [0.05, 0.1) is 11.7 Å². The topological polar surface area (TPSA) is 40.5 Å². The second-order valence-electron chi connectivity index (χ2n) is 9.66. The van der Waals surface area contributed by atoms with Gasteiger partial charge in [0, 0.05) is 0 Å². The van der Waals surface area contributed by atoms with Gasteiger partial charge in [-0.15, -0.1) is 0 Å². The Morgan fingerprint density at radius 1 is 1.05 bits per heavy atom. The van der Waals surface area contributed by atoms with E-state index in [4.69, 9.17) is 0 Å². The normalized spacial score (nSPS) is 47.6. The van der Waals surface area contributed by atoms with Crippen LogP contribution >= 0.6 is 0 Å². The summed E-state index contributed by atoms with van der Waals surface area (Å²) in [7, 11) is 0. The van der Waals surface area contributed by atoms with Crippen LogP contribution in [-0.4, -0.2) is 21.9 Å². The Labute approximate surface area is 131 Å². The van der Waals surface area contributed by atoms with Crippen molar-refractivity contribution in [1.82, 2.24) is 0 Å². The lowest BCUT2D eigenvalue weighted by atomic mass is 9.52. The summed E-state index contributed by atoms with van der Waals surface area (Å²) in [6, 6.07) is 0. The van der Waals surface area contributed by atoms with Crippen LogP contribution in [-0.2, 0) is 0 Å². The monoisotopic (exact) mass is 296 g/mol. The van der Waals surface area contributed by atoms with E-state index in [1.807, 2.05) is 0 Å². The molecule has 0 amide bonds. The smallest absolute Gasteiger partial charge is 0.0709 e. The van der Waals surface area contributed by atoms with Gasteiger partial charge in [-0.1, -0.05) is 41.5 Å². The predicted molar refractivity (Wildman–Crippen MR) is 88.0 cm³/mol. The second kappa shape index (κ2) is 5.53. The van der Waals surface area contributed by atoms with Crippen LogP contribution in [0.15, 0.2) is 0 Å². The van der Waals surface area contributed by atoms with Crippen molar-refractivity contribution in [3.8, 4) is 0 Å². The number of aliphatic hydroxyl groups excluding tert-OH is 1. The van der Waals surface area contributed by atoms with E-state index < -0.39 is 5.60 Å². The number of aliphatic hydroxyl groups is 2. The molecule has 0 spiro atoms. The molecule has 0 heterocycles. The van der Waals surface area contributed by atoms with E-state index in [0.717, 1.165) is 32.1 Å². The van der Waals surface area contributed by atoms with Crippen LogP contribution < -0.4 is 0 Å². The van der Waals surface area contributed by atoms with Crippen LogP contribution in [0.1, 0.15) is 80.1 Å². The molecule has 2 aliphatic carbocycles. The Kier molecular flexibility index (Phi) is 4.55. The van der Waals surface area contributed by atoms with E-state index in [1.54, 1.807) is 0 Å². The lowest BCUT2D eigenvalue weighted by Crippen LogP contribution is -2.56. The number of hydrogen-bond acceptors (Lipinski definition) is 2. The minimum Gasteiger partial charge on any atom is -0.393 e. The first kappa shape index (κ1) is 17.3. The van der Waals surface area contributed by atoms with Gasteiger partial charge in [0.1, 0.15) is 0 Å². The predicted octanol–water partition coefficient (Wildman–Crippen LogP) is 4.39. The Hall–Kier alpha value is -0.0800. The summed E-state index contributed by atoms with van der Waals surface area (Å²) in [5.41, 5.74) is -0.546. The van der Waals surface area contributed by atoms with Crippen LogP contribution in [0.5, 0.6) is 0 Å². The van der Waals surface area contributed by atoms with Crippen molar-refractivity contribution in [3.05, 3.63) is 0 Å². The largest absolute Gasteiger partial charge is 0.393 e. The fourth-order valence-electron chi connectivity index (χ4n) is 5.58. The van der Waals surface area contributed by atoms with Crippen molar-refractivity contribution in [2.24, 2.45) is 28.6 Å². The van der Waals surface area contributed by atoms with Gasteiger partial charge >= 0.3 is 0 Å². The summed E-state index contributed by atoms with van der Waals surface area (Å²) in [5.74, 6) is 1.49. The molecule has 2 saturated carbocycles. The first-order valence-corrected chi connectivity index (χ1v) is 8.88. The fraction of sp³-hybridized carbons (Fsp3) is 1.00. The minimum absolute atomic E-state index is 0.135. The van der Waals surface area contributed by atoms with E-state index in [0.29, 0.717) is 17.8 Å². The quantitative estimate of drug-likeness (QED) is 0.793.